The first-order valence-electron chi connectivity index (χ1n) is 5.68. The van der Waals surface area contributed by atoms with Crippen LogP contribution in [-0.4, -0.2) is 18.4 Å². The predicted octanol–water partition coefficient (Wildman–Crippen LogP) is 2.33. The fourth-order valence-corrected chi connectivity index (χ4v) is 2.28. The average molecular weight is 212 g/mol. The van der Waals surface area contributed by atoms with Gasteiger partial charge in [-0.1, -0.05) is 20.3 Å². The summed E-state index contributed by atoms with van der Waals surface area (Å²) >= 11 is 0. The monoisotopic (exact) mass is 212 g/mol. The molecule has 0 aromatic heterocycles. The minimum absolute atomic E-state index is 0.0518. The van der Waals surface area contributed by atoms with Gasteiger partial charge in [-0.3, -0.25) is 9.59 Å². The highest BCUT2D eigenvalue weighted by molar-refractivity contribution is 6.00. The van der Waals surface area contributed by atoms with Crippen LogP contribution in [0.3, 0.4) is 0 Å². The molecule has 0 N–H and O–H groups in total. The van der Waals surface area contributed by atoms with Gasteiger partial charge in [-0.25, -0.2) is 0 Å². The fraction of sp³-hybridized carbons (Fsp3) is 0.833. The quantitative estimate of drug-likeness (QED) is 0.401. The summed E-state index contributed by atoms with van der Waals surface area (Å²) in [4.78, 5) is 23.6. The van der Waals surface area contributed by atoms with E-state index < -0.39 is 5.92 Å². The number of carbonyl (C=O) groups excluding carboxylic acids is 2. The second kappa shape index (κ2) is 4.77. The van der Waals surface area contributed by atoms with E-state index in [0.717, 1.165) is 19.3 Å². The Labute approximate surface area is 91.2 Å². The van der Waals surface area contributed by atoms with Crippen LogP contribution in [-0.2, 0) is 14.3 Å². The van der Waals surface area contributed by atoms with E-state index in [0.29, 0.717) is 13.0 Å². The van der Waals surface area contributed by atoms with E-state index in [1.807, 2.05) is 13.8 Å². The largest absolute Gasteiger partial charge is 0.465 e. The highest BCUT2D eigenvalue weighted by Crippen LogP contribution is 2.38. The minimum atomic E-state index is -0.556. The molecule has 1 aliphatic rings. The van der Waals surface area contributed by atoms with Gasteiger partial charge in [0.15, 0.2) is 0 Å². The van der Waals surface area contributed by atoms with Crippen molar-refractivity contribution in [2.75, 3.05) is 6.61 Å². The molecule has 0 heterocycles. The van der Waals surface area contributed by atoms with Gasteiger partial charge in [0.25, 0.3) is 0 Å². The number of esters is 1. The number of hydrogen-bond donors (Lipinski definition) is 0. The van der Waals surface area contributed by atoms with Crippen molar-refractivity contribution >= 4 is 11.8 Å². The van der Waals surface area contributed by atoms with Gasteiger partial charge >= 0.3 is 5.97 Å². The minimum Gasteiger partial charge on any atom is -0.465 e. The van der Waals surface area contributed by atoms with Crippen molar-refractivity contribution in [1.29, 1.82) is 0 Å². The molecule has 0 amide bonds. The van der Waals surface area contributed by atoms with Crippen LogP contribution >= 0.6 is 0 Å². The maximum absolute atomic E-state index is 11.8. The third-order valence-corrected chi connectivity index (χ3v) is 3.12. The number of hydrogen-bond acceptors (Lipinski definition) is 3. The van der Waals surface area contributed by atoms with Crippen LogP contribution in [0.5, 0.6) is 0 Å². The zero-order valence-electron chi connectivity index (χ0n) is 9.84. The first kappa shape index (κ1) is 12.2. The van der Waals surface area contributed by atoms with Crippen molar-refractivity contribution in [2.45, 2.75) is 46.5 Å². The van der Waals surface area contributed by atoms with Crippen LogP contribution in [0.1, 0.15) is 46.5 Å². The smallest absolute Gasteiger partial charge is 0.317 e. The van der Waals surface area contributed by atoms with Crippen LogP contribution in [0, 0.1) is 11.3 Å². The van der Waals surface area contributed by atoms with E-state index in [1.54, 1.807) is 6.92 Å². The Morgan fingerprint density at radius 1 is 1.47 bits per heavy atom. The summed E-state index contributed by atoms with van der Waals surface area (Å²) < 4.78 is 4.98. The highest BCUT2D eigenvalue weighted by atomic mass is 16.5. The van der Waals surface area contributed by atoms with Crippen molar-refractivity contribution in [3.8, 4) is 0 Å². The molecule has 0 aromatic carbocycles. The molecule has 1 atom stereocenters. The zero-order chi connectivity index (χ0) is 11.5. The summed E-state index contributed by atoms with van der Waals surface area (Å²) in [6.45, 7) is 6.08. The van der Waals surface area contributed by atoms with Gasteiger partial charge in [-0.2, -0.15) is 0 Å². The van der Waals surface area contributed by atoms with Crippen molar-refractivity contribution in [2.24, 2.45) is 11.3 Å². The normalized spacial score (nSPS) is 25.8. The van der Waals surface area contributed by atoms with E-state index in [4.69, 9.17) is 4.74 Å². The van der Waals surface area contributed by atoms with E-state index >= 15 is 0 Å². The van der Waals surface area contributed by atoms with Gasteiger partial charge in [0.05, 0.1) is 6.61 Å². The molecule has 1 aliphatic carbocycles. The van der Waals surface area contributed by atoms with Crippen molar-refractivity contribution in [3.63, 3.8) is 0 Å². The Balaban J connectivity index is 2.86. The maximum Gasteiger partial charge on any atom is 0.317 e. The van der Waals surface area contributed by atoms with Gasteiger partial charge in [-0.05, 0) is 25.2 Å². The number of ether oxygens (including phenoxy) is 1. The fourth-order valence-electron chi connectivity index (χ4n) is 2.28. The lowest BCUT2D eigenvalue weighted by atomic mass is 9.75. The molecule has 1 fully saturated rings. The molecule has 0 saturated heterocycles. The third kappa shape index (κ3) is 2.80. The second-order valence-electron chi connectivity index (χ2n) is 4.85. The molecule has 1 unspecified atom stereocenters. The van der Waals surface area contributed by atoms with Crippen molar-refractivity contribution in [3.05, 3.63) is 0 Å². The first-order chi connectivity index (χ1) is 6.99. The number of carbonyl (C=O) groups is 2. The summed E-state index contributed by atoms with van der Waals surface area (Å²) in [6.07, 6.45) is 3.36. The molecule has 1 saturated carbocycles. The van der Waals surface area contributed by atoms with E-state index in [-0.39, 0.29) is 17.2 Å². The molecular formula is C12H20O3. The zero-order valence-corrected chi connectivity index (χ0v) is 9.84. The molecule has 0 aromatic rings. The summed E-state index contributed by atoms with van der Waals surface area (Å²) in [5.41, 5.74) is -0.250. The van der Waals surface area contributed by atoms with Gasteiger partial charge in [0, 0.05) is 6.42 Å². The number of rotatable bonds is 2. The van der Waals surface area contributed by atoms with Crippen molar-refractivity contribution < 1.29 is 14.3 Å². The SMILES string of the molecule is CCOC(=O)C1C(=O)CCCCC1(C)C. The molecule has 3 nitrogen and oxygen atoms in total. The summed E-state index contributed by atoms with van der Waals surface area (Å²) in [7, 11) is 0. The van der Waals surface area contributed by atoms with Crippen molar-refractivity contribution in [1.82, 2.24) is 0 Å². The Hall–Kier alpha value is -0.860. The van der Waals surface area contributed by atoms with E-state index in [2.05, 4.69) is 0 Å². The molecular weight excluding hydrogens is 192 g/mol. The van der Waals surface area contributed by atoms with Gasteiger partial charge < -0.3 is 4.74 Å². The third-order valence-electron chi connectivity index (χ3n) is 3.12. The van der Waals surface area contributed by atoms with Crippen LogP contribution in [0.25, 0.3) is 0 Å². The van der Waals surface area contributed by atoms with Gasteiger partial charge in [0.2, 0.25) is 0 Å². The van der Waals surface area contributed by atoms with Crippen LogP contribution < -0.4 is 0 Å². The number of Topliss-reactive ketones (excluding diaryl/α,β-unsaturated/α-hetero) is 1. The summed E-state index contributed by atoms with van der Waals surface area (Å²) in [5, 5.41) is 0. The van der Waals surface area contributed by atoms with E-state index in [1.165, 1.54) is 0 Å². The molecule has 3 heteroatoms. The Morgan fingerprint density at radius 2 is 2.13 bits per heavy atom. The highest BCUT2D eigenvalue weighted by Gasteiger charge is 2.42. The molecule has 86 valence electrons. The summed E-state index contributed by atoms with van der Waals surface area (Å²) in [6, 6.07) is 0. The topological polar surface area (TPSA) is 43.4 Å². The van der Waals surface area contributed by atoms with Gasteiger partial charge in [-0.15, -0.1) is 0 Å². The Morgan fingerprint density at radius 3 is 2.73 bits per heavy atom. The summed E-state index contributed by atoms with van der Waals surface area (Å²) in [5.74, 6) is -0.842. The molecule has 0 aliphatic heterocycles. The lowest BCUT2D eigenvalue weighted by Crippen LogP contribution is -2.37. The van der Waals surface area contributed by atoms with E-state index in [9.17, 15) is 9.59 Å². The van der Waals surface area contributed by atoms with Crippen LogP contribution in [0.4, 0.5) is 0 Å². The first-order valence-corrected chi connectivity index (χ1v) is 5.68. The standard InChI is InChI=1S/C12H20O3/c1-4-15-11(14)10-9(13)7-5-6-8-12(10,2)3/h10H,4-8H2,1-3H3. The average Bonchev–Trinajstić information content (AvgIpc) is 2.24. The lowest BCUT2D eigenvalue weighted by Gasteiger charge is -2.29. The molecule has 15 heavy (non-hydrogen) atoms. The van der Waals surface area contributed by atoms with Gasteiger partial charge in [0.1, 0.15) is 11.7 Å². The molecule has 1 rings (SSSR count). The van der Waals surface area contributed by atoms with Crippen LogP contribution in [0.2, 0.25) is 0 Å². The Bertz CT molecular complexity index is 256. The lowest BCUT2D eigenvalue weighted by molar-refractivity contribution is -0.156. The molecule has 0 bridgehead atoms. The maximum atomic E-state index is 11.8. The van der Waals surface area contributed by atoms with Crippen LogP contribution in [0.15, 0.2) is 0 Å². The molecule has 0 radical (unpaired) electrons. The second-order valence-corrected chi connectivity index (χ2v) is 4.85. The number of ketones is 1. The predicted molar refractivity (Wildman–Crippen MR) is 57.4 cm³/mol. The molecule has 0 spiro atoms. The Kier molecular flexibility index (Phi) is 3.89.